The van der Waals surface area contributed by atoms with Gasteiger partial charge < -0.3 is 5.32 Å². The van der Waals surface area contributed by atoms with Gasteiger partial charge >= 0.3 is 0 Å². The molecule has 94 valence electrons. The van der Waals surface area contributed by atoms with Crippen molar-refractivity contribution in [2.24, 2.45) is 0 Å². The van der Waals surface area contributed by atoms with Gasteiger partial charge in [0.1, 0.15) is 0 Å². The number of rotatable bonds is 2. The van der Waals surface area contributed by atoms with Crippen molar-refractivity contribution in [1.29, 1.82) is 0 Å². The number of carbonyl (C=O) groups is 1. The number of hydrogen-bond donors (Lipinski definition) is 1. The minimum Gasteiger partial charge on any atom is -0.342 e. The molecule has 0 radical (unpaired) electrons. The van der Waals surface area contributed by atoms with Gasteiger partial charge in [-0.15, -0.1) is 0 Å². The standard InChI is InChI=1S/C15H16BrNO/c1-11-7-6-10-15(2,13(11)16)17-14(18)12-8-4-3-5-9-12/h3-10,13H,1-2H3,(H,17,18). The van der Waals surface area contributed by atoms with E-state index in [0.717, 1.165) is 0 Å². The van der Waals surface area contributed by atoms with Gasteiger partial charge in [0.2, 0.25) is 0 Å². The van der Waals surface area contributed by atoms with Crippen LogP contribution in [0.1, 0.15) is 24.2 Å². The molecule has 0 saturated carbocycles. The highest BCUT2D eigenvalue weighted by Gasteiger charge is 2.34. The highest BCUT2D eigenvalue weighted by molar-refractivity contribution is 9.09. The summed E-state index contributed by atoms with van der Waals surface area (Å²) < 4.78 is 0. The van der Waals surface area contributed by atoms with Gasteiger partial charge in [-0.3, -0.25) is 4.79 Å². The van der Waals surface area contributed by atoms with Crippen molar-refractivity contribution >= 4 is 21.8 Å². The fourth-order valence-electron chi connectivity index (χ4n) is 2.05. The lowest BCUT2D eigenvalue weighted by atomic mass is 9.88. The molecular formula is C15H16BrNO. The summed E-state index contributed by atoms with van der Waals surface area (Å²) >= 11 is 3.64. The van der Waals surface area contributed by atoms with Crippen LogP contribution in [0, 0.1) is 0 Å². The fraction of sp³-hybridized carbons (Fsp3) is 0.267. The zero-order chi connectivity index (χ0) is 13.2. The summed E-state index contributed by atoms with van der Waals surface area (Å²) in [5, 5.41) is 3.08. The summed E-state index contributed by atoms with van der Waals surface area (Å²) in [5.41, 5.74) is 1.48. The molecule has 1 aliphatic rings. The lowest BCUT2D eigenvalue weighted by molar-refractivity contribution is 0.0924. The number of carbonyl (C=O) groups excluding carboxylic acids is 1. The minimum atomic E-state index is -0.397. The van der Waals surface area contributed by atoms with Crippen molar-refractivity contribution in [3.05, 3.63) is 59.7 Å². The molecule has 2 unspecified atom stereocenters. The molecule has 1 amide bonds. The molecule has 2 nitrogen and oxygen atoms in total. The van der Waals surface area contributed by atoms with Gasteiger partial charge in [0.05, 0.1) is 10.4 Å². The number of amides is 1. The van der Waals surface area contributed by atoms with E-state index in [1.165, 1.54) is 5.57 Å². The maximum Gasteiger partial charge on any atom is 0.251 e. The van der Waals surface area contributed by atoms with Crippen LogP contribution in [-0.4, -0.2) is 16.3 Å². The largest absolute Gasteiger partial charge is 0.342 e. The normalized spacial score (nSPS) is 26.6. The van der Waals surface area contributed by atoms with Gasteiger partial charge in [0, 0.05) is 5.56 Å². The molecule has 2 atom stereocenters. The van der Waals surface area contributed by atoms with Crippen molar-refractivity contribution in [1.82, 2.24) is 5.32 Å². The van der Waals surface area contributed by atoms with Crippen LogP contribution >= 0.6 is 15.9 Å². The van der Waals surface area contributed by atoms with Crippen LogP contribution in [0.3, 0.4) is 0 Å². The Kier molecular flexibility index (Phi) is 3.71. The van der Waals surface area contributed by atoms with Gasteiger partial charge in [-0.1, -0.05) is 57.9 Å². The Labute approximate surface area is 116 Å². The lowest BCUT2D eigenvalue weighted by Crippen LogP contribution is -2.52. The maximum atomic E-state index is 12.2. The van der Waals surface area contributed by atoms with Gasteiger partial charge in [-0.2, -0.15) is 0 Å². The number of allylic oxidation sites excluding steroid dienone is 2. The van der Waals surface area contributed by atoms with Crippen LogP contribution in [0.15, 0.2) is 54.1 Å². The predicted molar refractivity (Wildman–Crippen MR) is 77.9 cm³/mol. The van der Waals surface area contributed by atoms with Crippen LogP contribution in [0.25, 0.3) is 0 Å². The first-order valence-corrected chi connectivity index (χ1v) is 6.82. The fourth-order valence-corrected chi connectivity index (χ4v) is 2.47. The van der Waals surface area contributed by atoms with Crippen molar-refractivity contribution in [2.75, 3.05) is 0 Å². The summed E-state index contributed by atoms with van der Waals surface area (Å²) in [5.74, 6) is -0.0538. The molecular weight excluding hydrogens is 290 g/mol. The summed E-state index contributed by atoms with van der Waals surface area (Å²) in [6.07, 6.45) is 6.05. The number of alkyl halides is 1. The van der Waals surface area contributed by atoms with E-state index in [9.17, 15) is 4.79 Å². The monoisotopic (exact) mass is 305 g/mol. The van der Waals surface area contributed by atoms with Crippen LogP contribution in [-0.2, 0) is 0 Å². The van der Waals surface area contributed by atoms with Crippen molar-refractivity contribution in [3.63, 3.8) is 0 Å². The van der Waals surface area contributed by atoms with E-state index in [2.05, 4.69) is 34.2 Å². The predicted octanol–water partition coefficient (Wildman–Crippen LogP) is 3.45. The third kappa shape index (κ3) is 2.56. The second-order valence-electron chi connectivity index (χ2n) is 4.74. The highest BCUT2D eigenvalue weighted by atomic mass is 79.9. The molecule has 1 N–H and O–H groups in total. The van der Waals surface area contributed by atoms with E-state index in [1.54, 1.807) is 0 Å². The topological polar surface area (TPSA) is 29.1 Å². The molecule has 0 spiro atoms. The number of halogens is 1. The first kappa shape index (κ1) is 13.1. The van der Waals surface area contributed by atoms with E-state index in [4.69, 9.17) is 0 Å². The molecule has 0 fully saturated rings. The van der Waals surface area contributed by atoms with Crippen molar-refractivity contribution in [3.8, 4) is 0 Å². The molecule has 18 heavy (non-hydrogen) atoms. The Balaban J connectivity index is 2.17. The second-order valence-corrected chi connectivity index (χ2v) is 5.65. The lowest BCUT2D eigenvalue weighted by Gasteiger charge is -2.35. The van der Waals surface area contributed by atoms with Crippen molar-refractivity contribution < 1.29 is 4.79 Å². The van der Waals surface area contributed by atoms with E-state index >= 15 is 0 Å². The van der Waals surface area contributed by atoms with Gasteiger partial charge in [-0.05, 0) is 26.0 Å². The second kappa shape index (κ2) is 5.11. The Morgan fingerprint density at radius 1 is 1.33 bits per heavy atom. The zero-order valence-corrected chi connectivity index (χ0v) is 12.1. The zero-order valence-electron chi connectivity index (χ0n) is 10.5. The molecule has 0 saturated heterocycles. The molecule has 0 bridgehead atoms. The molecule has 0 aliphatic heterocycles. The summed E-state index contributed by atoms with van der Waals surface area (Å²) in [6.45, 7) is 4.07. The van der Waals surface area contributed by atoms with E-state index in [1.807, 2.05) is 49.4 Å². The SMILES string of the molecule is CC1=CC=CC(C)(NC(=O)c2ccccc2)C1Br. The highest BCUT2D eigenvalue weighted by Crippen LogP contribution is 2.30. The van der Waals surface area contributed by atoms with E-state index in [-0.39, 0.29) is 10.7 Å². The van der Waals surface area contributed by atoms with E-state index in [0.29, 0.717) is 5.56 Å². The molecule has 3 heteroatoms. The first-order chi connectivity index (χ1) is 8.53. The Morgan fingerprint density at radius 2 is 2.00 bits per heavy atom. The third-order valence-electron chi connectivity index (χ3n) is 3.15. The number of hydrogen-bond acceptors (Lipinski definition) is 1. The van der Waals surface area contributed by atoms with E-state index < -0.39 is 5.54 Å². The molecule has 0 aromatic heterocycles. The molecule has 0 heterocycles. The van der Waals surface area contributed by atoms with Gasteiger partial charge in [-0.25, -0.2) is 0 Å². The Bertz CT molecular complexity index is 506. The average Bonchev–Trinajstić information content (AvgIpc) is 2.37. The van der Waals surface area contributed by atoms with Crippen LogP contribution in [0.2, 0.25) is 0 Å². The molecule has 1 aliphatic carbocycles. The summed E-state index contributed by atoms with van der Waals surface area (Å²) in [4.78, 5) is 12.3. The minimum absolute atomic E-state index is 0.0538. The molecule has 1 aromatic rings. The maximum absolute atomic E-state index is 12.2. The summed E-state index contributed by atoms with van der Waals surface area (Å²) in [7, 11) is 0. The third-order valence-corrected chi connectivity index (χ3v) is 4.82. The van der Waals surface area contributed by atoms with Crippen LogP contribution in [0.5, 0.6) is 0 Å². The Morgan fingerprint density at radius 3 is 2.67 bits per heavy atom. The average molecular weight is 306 g/mol. The molecule has 1 aromatic carbocycles. The van der Waals surface area contributed by atoms with Gasteiger partial charge in [0.25, 0.3) is 5.91 Å². The van der Waals surface area contributed by atoms with Gasteiger partial charge in [0.15, 0.2) is 0 Å². The van der Waals surface area contributed by atoms with Crippen LogP contribution in [0.4, 0.5) is 0 Å². The number of benzene rings is 1. The summed E-state index contributed by atoms with van der Waals surface area (Å²) in [6, 6.07) is 9.27. The Hall–Kier alpha value is -1.35. The van der Waals surface area contributed by atoms with Crippen molar-refractivity contribution in [2.45, 2.75) is 24.2 Å². The number of nitrogens with one attached hydrogen (secondary N) is 1. The quantitative estimate of drug-likeness (QED) is 0.833. The smallest absolute Gasteiger partial charge is 0.251 e. The first-order valence-electron chi connectivity index (χ1n) is 5.90. The molecule has 2 rings (SSSR count). The van der Waals surface area contributed by atoms with Crippen LogP contribution < -0.4 is 5.32 Å².